The van der Waals surface area contributed by atoms with Crippen molar-refractivity contribution in [3.05, 3.63) is 17.7 Å². The largest absolute Gasteiger partial charge is 0.497 e. The van der Waals surface area contributed by atoms with E-state index in [0.717, 1.165) is 5.56 Å². The molecular formula is C14H22N2O3. The van der Waals surface area contributed by atoms with Crippen molar-refractivity contribution in [2.24, 2.45) is 11.7 Å². The lowest BCUT2D eigenvalue weighted by atomic mass is 10.1. The van der Waals surface area contributed by atoms with Gasteiger partial charge < -0.3 is 20.5 Å². The number of benzene rings is 1. The van der Waals surface area contributed by atoms with E-state index in [1.807, 2.05) is 19.9 Å². The summed E-state index contributed by atoms with van der Waals surface area (Å²) in [5.74, 6) is 0.998. The second-order valence-electron chi connectivity index (χ2n) is 4.35. The molecule has 19 heavy (non-hydrogen) atoms. The molecule has 5 heteroatoms. The van der Waals surface area contributed by atoms with Gasteiger partial charge in [0, 0.05) is 12.6 Å². The van der Waals surface area contributed by atoms with Crippen LogP contribution < -0.4 is 20.5 Å². The Hall–Kier alpha value is -1.75. The molecule has 0 heterocycles. The zero-order valence-electron chi connectivity index (χ0n) is 11.9. The molecule has 1 aromatic carbocycles. The van der Waals surface area contributed by atoms with Crippen LogP contribution in [0, 0.1) is 12.8 Å². The smallest absolute Gasteiger partial charge is 0.228 e. The minimum Gasteiger partial charge on any atom is -0.497 e. The van der Waals surface area contributed by atoms with E-state index in [0.29, 0.717) is 30.2 Å². The van der Waals surface area contributed by atoms with Crippen molar-refractivity contribution in [3.63, 3.8) is 0 Å². The maximum absolute atomic E-state index is 12.1. The predicted molar refractivity (Wildman–Crippen MR) is 75.7 cm³/mol. The van der Waals surface area contributed by atoms with Gasteiger partial charge in [-0.25, -0.2) is 0 Å². The fourth-order valence-electron chi connectivity index (χ4n) is 1.85. The summed E-state index contributed by atoms with van der Waals surface area (Å²) in [6.07, 6.45) is 0.708. The van der Waals surface area contributed by atoms with Crippen LogP contribution in [0.4, 0.5) is 5.69 Å². The van der Waals surface area contributed by atoms with Gasteiger partial charge in [-0.15, -0.1) is 0 Å². The number of hydrogen-bond donors (Lipinski definition) is 2. The van der Waals surface area contributed by atoms with E-state index in [1.165, 1.54) is 0 Å². The second kappa shape index (κ2) is 6.99. The van der Waals surface area contributed by atoms with Crippen molar-refractivity contribution in [3.8, 4) is 11.5 Å². The van der Waals surface area contributed by atoms with Gasteiger partial charge in [-0.3, -0.25) is 4.79 Å². The number of amides is 1. The molecule has 1 unspecified atom stereocenters. The number of nitrogens with two attached hydrogens (primary N) is 1. The van der Waals surface area contributed by atoms with Gasteiger partial charge in [0.05, 0.1) is 25.8 Å². The number of aryl methyl sites for hydroxylation is 1. The summed E-state index contributed by atoms with van der Waals surface area (Å²) in [5.41, 5.74) is 7.13. The van der Waals surface area contributed by atoms with Crippen LogP contribution >= 0.6 is 0 Å². The van der Waals surface area contributed by atoms with Gasteiger partial charge in [0.2, 0.25) is 5.91 Å². The van der Waals surface area contributed by atoms with E-state index in [9.17, 15) is 4.79 Å². The third-order valence-electron chi connectivity index (χ3n) is 3.12. The number of nitrogens with one attached hydrogen (secondary N) is 1. The molecule has 5 nitrogen and oxygen atoms in total. The lowest BCUT2D eigenvalue weighted by molar-refractivity contribution is -0.119. The van der Waals surface area contributed by atoms with Gasteiger partial charge in [-0.1, -0.05) is 6.92 Å². The summed E-state index contributed by atoms with van der Waals surface area (Å²) in [5, 5.41) is 2.88. The monoisotopic (exact) mass is 266 g/mol. The molecule has 0 aromatic heterocycles. The van der Waals surface area contributed by atoms with E-state index >= 15 is 0 Å². The summed E-state index contributed by atoms with van der Waals surface area (Å²) >= 11 is 0. The number of ether oxygens (including phenoxy) is 2. The summed E-state index contributed by atoms with van der Waals surface area (Å²) in [6, 6.07) is 3.59. The second-order valence-corrected chi connectivity index (χ2v) is 4.35. The standard InChI is InChI=1S/C14H22N2O3/c1-5-10(8-15)14(17)16-13-9(2)6-11(18-3)7-12(13)19-4/h6-7,10H,5,8,15H2,1-4H3,(H,16,17). The number of rotatable bonds is 6. The maximum Gasteiger partial charge on any atom is 0.228 e. The molecule has 0 bridgehead atoms. The first-order chi connectivity index (χ1) is 9.07. The Balaban J connectivity index is 3.03. The molecule has 0 radical (unpaired) electrons. The van der Waals surface area contributed by atoms with Crippen molar-refractivity contribution >= 4 is 11.6 Å². The van der Waals surface area contributed by atoms with Crippen LogP contribution in [0.25, 0.3) is 0 Å². The fraction of sp³-hybridized carbons (Fsp3) is 0.500. The van der Waals surface area contributed by atoms with Crippen LogP contribution in [-0.2, 0) is 4.79 Å². The summed E-state index contributed by atoms with van der Waals surface area (Å²) in [7, 11) is 3.15. The van der Waals surface area contributed by atoms with E-state index in [2.05, 4.69) is 5.32 Å². The Labute approximate surface area is 114 Å². The zero-order chi connectivity index (χ0) is 14.4. The highest BCUT2D eigenvalue weighted by Crippen LogP contribution is 2.33. The van der Waals surface area contributed by atoms with Gasteiger partial charge in [-0.2, -0.15) is 0 Å². The molecule has 0 saturated heterocycles. The Bertz CT molecular complexity index is 443. The molecule has 1 atom stereocenters. The zero-order valence-corrected chi connectivity index (χ0v) is 11.9. The molecular weight excluding hydrogens is 244 g/mol. The highest BCUT2D eigenvalue weighted by Gasteiger charge is 2.18. The SMILES string of the molecule is CCC(CN)C(=O)Nc1c(C)cc(OC)cc1OC. The number of carbonyl (C=O) groups is 1. The van der Waals surface area contributed by atoms with Crippen LogP contribution in [-0.4, -0.2) is 26.7 Å². The van der Waals surface area contributed by atoms with Crippen molar-refractivity contribution in [1.82, 2.24) is 0 Å². The first kappa shape index (κ1) is 15.3. The van der Waals surface area contributed by atoms with Crippen LogP contribution in [0.3, 0.4) is 0 Å². The van der Waals surface area contributed by atoms with Crippen LogP contribution in [0.5, 0.6) is 11.5 Å². The van der Waals surface area contributed by atoms with Gasteiger partial charge in [0.15, 0.2) is 0 Å². The highest BCUT2D eigenvalue weighted by molar-refractivity contribution is 5.95. The molecule has 0 spiro atoms. The van der Waals surface area contributed by atoms with Crippen molar-refractivity contribution in [2.45, 2.75) is 20.3 Å². The predicted octanol–water partition coefficient (Wildman–Crippen LogP) is 1.94. The van der Waals surface area contributed by atoms with Crippen molar-refractivity contribution < 1.29 is 14.3 Å². The van der Waals surface area contributed by atoms with Gasteiger partial charge >= 0.3 is 0 Å². The molecule has 1 rings (SSSR count). The number of carbonyl (C=O) groups excluding carboxylic acids is 1. The average Bonchev–Trinajstić information content (AvgIpc) is 2.42. The van der Waals surface area contributed by atoms with E-state index in [-0.39, 0.29) is 11.8 Å². The molecule has 0 fully saturated rings. The third kappa shape index (κ3) is 3.61. The molecule has 0 aliphatic rings. The topological polar surface area (TPSA) is 73.6 Å². The Morgan fingerprint density at radius 2 is 2.05 bits per heavy atom. The van der Waals surface area contributed by atoms with Crippen LogP contribution in [0.2, 0.25) is 0 Å². The molecule has 1 aromatic rings. The first-order valence-electron chi connectivity index (χ1n) is 6.30. The van der Waals surface area contributed by atoms with Gasteiger partial charge in [0.1, 0.15) is 11.5 Å². The maximum atomic E-state index is 12.1. The molecule has 106 valence electrons. The Morgan fingerprint density at radius 1 is 1.37 bits per heavy atom. The molecule has 0 saturated carbocycles. The number of methoxy groups -OCH3 is 2. The van der Waals surface area contributed by atoms with E-state index in [1.54, 1.807) is 20.3 Å². The van der Waals surface area contributed by atoms with E-state index < -0.39 is 0 Å². The van der Waals surface area contributed by atoms with Crippen LogP contribution in [0.1, 0.15) is 18.9 Å². The van der Waals surface area contributed by atoms with Gasteiger partial charge in [-0.05, 0) is 25.0 Å². The van der Waals surface area contributed by atoms with Crippen molar-refractivity contribution in [2.75, 3.05) is 26.1 Å². The van der Waals surface area contributed by atoms with Crippen molar-refractivity contribution in [1.29, 1.82) is 0 Å². The molecule has 3 N–H and O–H groups in total. The summed E-state index contributed by atoms with van der Waals surface area (Å²) in [4.78, 5) is 12.1. The van der Waals surface area contributed by atoms with E-state index in [4.69, 9.17) is 15.2 Å². The molecule has 0 aliphatic carbocycles. The molecule has 0 aliphatic heterocycles. The first-order valence-corrected chi connectivity index (χ1v) is 6.30. The minimum atomic E-state index is -0.189. The summed E-state index contributed by atoms with van der Waals surface area (Å²) in [6.45, 7) is 4.17. The third-order valence-corrected chi connectivity index (χ3v) is 3.12. The lowest BCUT2D eigenvalue weighted by Crippen LogP contribution is -2.29. The van der Waals surface area contributed by atoms with Crippen LogP contribution in [0.15, 0.2) is 12.1 Å². The van der Waals surface area contributed by atoms with Gasteiger partial charge in [0.25, 0.3) is 0 Å². The average molecular weight is 266 g/mol. The number of anilines is 1. The normalized spacial score (nSPS) is 11.8. The number of hydrogen-bond acceptors (Lipinski definition) is 4. The lowest BCUT2D eigenvalue weighted by Gasteiger charge is -2.17. The minimum absolute atomic E-state index is 0.0865. The Kier molecular flexibility index (Phi) is 5.63. The summed E-state index contributed by atoms with van der Waals surface area (Å²) < 4.78 is 10.5. The highest BCUT2D eigenvalue weighted by atomic mass is 16.5. The molecule has 1 amide bonds. The Morgan fingerprint density at radius 3 is 2.53 bits per heavy atom. The quantitative estimate of drug-likeness (QED) is 0.825. The fourth-order valence-corrected chi connectivity index (χ4v) is 1.85.